The lowest BCUT2D eigenvalue weighted by molar-refractivity contribution is -0.454. The van der Waals surface area contributed by atoms with E-state index in [1.807, 2.05) is 0 Å². The van der Waals surface area contributed by atoms with Gasteiger partial charge in [0.1, 0.15) is 31.0 Å². The van der Waals surface area contributed by atoms with Crippen LogP contribution in [0.1, 0.15) is 0 Å². The third-order valence-electron chi connectivity index (χ3n) is 4.64. The first kappa shape index (κ1) is 31.7. The van der Waals surface area contributed by atoms with Crippen LogP contribution in [0, 0.1) is 0 Å². The molecule has 4 N–H and O–H groups in total. The summed E-state index contributed by atoms with van der Waals surface area (Å²) in [4.78, 5) is 0. The van der Waals surface area contributed by atoms with E-state index in [9.17, 15) is 81.2 Å². The van der Waals surface area contributed by atoms with Crippen LogP contribution in [0.2, 0.25) is 0 Å². The van der Waals surface area contributed by atoms with Gasteiger partial charge in [-0.3, -0.25) is 0 Å². The van der Waals surface area contributed by atoms with Crippen LogP contribution in [-0.2, 0) is 9.47 Å². The lowest BCUT2D eigenvalue weighted by Gasteiger charge is -2.41. The Morgan fingerprint density at radius 3 is 1.46 bits per heavy atom. The molecule has 35 heavy (non-hydrogen) atoms. The molecule has 21 heteroatoms. The number of alkyl halides is 15. The second kappa shape index (κ2) is 9.23. The van der Waals surface area contributed by atoms with Gasteiger partial charge in [-0.1, -0.05) is 0 Å². The molecule has 1 saturated heterocycles. The van der Waals surface area contributed by atoms with Gasteiger partial charge >= 0.3 is 41.7 Å². The number of aliphatic hydroxyl groups is 4. The third kappa shape index (κ3) is 4.74. The Morgan fingerprint density at radius 1 is 0.657 bits per heavy atom. The van der Waals surface area contributed by atoms with Crippen molar-refractivity contribution in [3.8, 4) is 0 Å². The summed E-state index contributed by atoms with van der Waals surface area (Å²) in [6.07, 6.45) is -19.5. The summed E-state index contributed by atoms with van der Waals surface area (Å²) in [5, 5.41) is 36.8. The van der Waals surface area contributed by atoms with Crippen molar-refractivity contribution in [2.45, 2.75) is 72.4 Å². The zero-order valence-corrected chi connectivity index (χ0v) is 16.1. The van der Waals surface area contributed by atoms with E-state index in [2.05, 4.69) is 9.47 Å². The molecular formula is C14H13F15O6. The molecule has 0 bridgehead atoms. The van der Waals surface area contributed by atoms with Crippen LogP contribution in [-0.4, -0.2) is 106 Å². The average molecular weight is 562 g/mol. The minimum Gasteiger partial charge on any atom is -0.394 e. The number of hydrogen-bond donors (Lipinski definition) is 4. The molecule has 1 fully saturated rings. The molecule has 0 aliphatic carbocycles. The number of rotatable bonds is 10. The molecule has 0 saturated carbocycles. The Hall–Kier alpha value is -1.29. The van der Waals surface area contributed by atoms with Crippen molar-refractivity contribution in [2.75, 3.05) is 13.2 Å². The summed E-state index contributed by atoms with van der Waals surface area (Å²) in [6.45, 7) is -4.49. The minimum atomic E-state index is -8.46. The fourth-order valence-corrected chi connectivity index (χ4v) is 2.51. The molecule has 210 valence electrons. The highest BCUT2D eigenvalue weighted by atomic mass is 19.4. The van der Waals surface area contributed by atoms with Crippen molar-refractivity contribution in [2.24, 2.45) is 0 Å². The molecule has 5 unspecified atom stereocenters. The van der Waals surface area contributed by atoms with Gasteiger partial charge in [-0.2, -0.15) is 65.9 Å². The smallest absolute Gasteiger partial charge is 0.394 e. The van der Waals surface area contributed by atoms with Crippen molar-refractivity contribution >= 4 is 0 Å². The summed E-state index contributed by atoms with van der Waals surface area (Å²) >= 11 is 0. The largest absolute Gasteiger partial charge is 0.460 e. The first-order valence-corrected chi connectivity index (χ1v) is 8.52. The predicted octanol–water partition coefficient (Wildman–Crippen LogP) is 2.18. The summed E-state index contributed by atoms with van der Waals surface area (Å²) in [5.41, 5.74) is 0. The SMILES string of the molecule is OCC(O)C1OC(OCC(F)(F)C(F)(F)C(F)(F)C(F)(F)C(F)(F)C(F)(F)C(F)(F)F)C(O)C1O. The number of hydrogen-bond acceptors (Lipinski definition) is 6. The highest BCUT2D eigenvalue weighted by molar-refractivity contribution is 5.13. The molecule has 1 rings (SSSR count). The van der Waals surface area contributed by atoms with Crippen LogP contribution >= 0.6 is 0 Å². The van der Waals surface area contributed by atoms with Gasteiger partial charge in [0.15, 0.2) is 6.29 Å². The average Bonchev–Trinajstić information content (AvgIpc) is 2.98. The van der Waals surface area contributed by atoms with E-state index in [0.29, 0.717) is 0 Å². The molecular weight excluding hydrogens is 549 g/mol. The number of aliphatic hydroxyl groups excluding tert-OH is 4. The van der Waals surface area contributed by atoms with Crippen molar-refractivity contribution < 1.29 is 95.8 Å². The lowest BCUT2D eigenvalue weighted by Crippen LogP contribution is -2.73. The van der Waals surface area contributed by atoms with Gasteiger partial charge in [0.25, 0.3) is 0 Å². The van der Waals surface area contributed by atoms with Crippen molar-refractivity contribution in [1.29, 1.82) is 0 Å². The second-order valence-electron chi connectivity index (χ2n) is 7.09. The monoisotopic (exact) mass is 562 g/mol. The van der Waals surface area contributed by atoms with Crippen LogP contribution in [0.4, 0.5) is 65.9 Å². The lowest BCUT2D eigenvalue weighted by atomic mass is 9.91. The van der Waals surface area contributed by atoms with E-state index in [1.165, 1.54) is 0 Å². The van der Waals surface area contributed by atoms with E-state index in [4.69, 9.17) is 5.11 Å². The molecule has 0 aromatic rings. The van der Waals surface area contributed by atoms with Crippen LogP contribution in [0.3, 0.4) is 0 Å². The van der Waals surface area contributed by atoms with Gasteiger partial charge < -0.3 is 29.9 Å². The topological polar surface area (TPSA) is 99.4 Å². The first-order valence-electron chi connectivity index (χ1n) is 8.52. The van der Waals surface area contributed by atoms with Crippen molar-refractivity contribution in [3.63, 3.8) is 0 Å². The normalized spacial score (nSPS) is 26.8. The van der Waals surface area contributed by atoms with Crippen LogP contribution in [0.25, 0.3) is 0 Å². The zero-order chi connectivity index (χ0) is 28.2. The molecule has 0 radical (unpaired) electrons. The zero-order valence-electron chi connectivity index (χ0n) is 16.1. The minimum absolute atomic E-state index is 1.23. The van der Waals surface area contributed by atoms with Crippen LogP contribution in [0.5, 0.6) is 0 Å². The summed E-state index contributed by atoms with van der Waals surface area (Å²) in [5.74, 6) is -47.8. The fourth-order valence-electron chi connectivity index (χ4n) is 2.51. The van der Waals surface area contributed by atoms with E-state index >= 15 is 0 Å². The quantitative estimate of drug-likeness (QED) is 0.305. The van der Waals surface area contributed by atoms with E-state index in [-0.39, 0.29) is 0 Å². The number of ether oxygens (including phenoxy) is 2. The maximum atomic E-state index is 13.7. The van der Waals surface area contributed by atoms with Crippen LogP contribution in [0.15, 0.2) is 0 Å². The molecule has 0 spiro atoms. The molecule has 1 aliphatic rings. The standard InChI is InChI=1S/C14H13F15O6/c15-8(16,2-34-7-5(33)4(32)6(35-7)3(31)1-30)9(17,18)10(19,20)11(21,22)12(23,24)13(25,26)14(27,28)29/h3-7,30-33H,1-2H2. The summed E-state index contributed by atoms with van der Waals surface area (Å²) in [7, 11) is 0. The summed E-state index contributed by atoms with van der Waals surface area (Å²) in [6, 6.07) is 0. The van der Waals surface area contributed by atoms with Gasteiger partial charge in [0.05, 0.1) is 6.61 Å². The van der Waals surface area contributed by atoms with E-state index in [0.717, 1.165) is 0 Å². The Labute approximate surface area is 182 Å². The molecule has 6 nitrogen and oxygen atoms in total. The highest BCUT2D eigenvalue weighted by Gasteiger charge is 2.93. The predicted molar refractivity (Wildman–Crippen MR) is 75.5 cm³/mol. The first-order chi connectivity index (χ1) is 15.3. The van der Waals surface area contributed by atoms with Gasteiger partial charge in [0, 0.05) is 0 Å². The molecule has 5 atom stereocenters. The Balaban J connectivity index is 3.25. The van der Waals surface area contributed by atoms with E-state index in [1.54, 1.807) is 0 Å². The highest BCUT2D eigenvalue weighted by Crippen LogP contribution is 2.62. The maximum absolute atomic E-state index is 13.7. The van der Waals surface area contributed by atoms with Gasteiger partial charge in [-0.05, 0) is 0 Å². The molecule has 1 aliphatic heterocycles. The Morgan fingerprint density at radius 2 is 1.06 bits per heavy atom. The maximum Gasteiger partial charge on any atom is 0.460 e. The van der Waals surface area contributed by atoms with Crippen LogP contribution < -0.4 is 0 Å². The summed E-state index contributed by atoms with van der Waals surface area (Å²) < 4.78 is 204. The van der Waals surface area contributed by atoms with Gasteiger partial charge in [-0.15, -0.1) is 0 Å². The number of halogens is 15. The van der Waals surface area contributed by atoms with Crippen molar-refractivity contribution in [3.05, 3.63) is 0 Å². The second-order valence-corrected chi connectivity index (χ2v) is 7.09. The fraction of sp³-hybridized carbons (Fsp3) is 1.00. The van der Waals surface area contributed by atoms with E-state index < -0.39 is 85.6 Å². The van der Waals surface area contributed by atoms with Gasteiger partial charge in [-0.25, -0.2) is 0 Å². The molecule has 0 aromatic heterocycles. The molecule has 1 heterocycles. The Bertz CT molecular complexity index is 742. The molecule has 0 aromatic carbocycles. The van der Waals surface area contributed by atoms with Gasteiger partial charge in [0.2, 0.25) is 0 Å². The molecule has 0 amide bonds. The van der Waals surface area contributed by atoms with Crippen molar-refractivity contribution in [1.82, 2.24) is 0 Å². The third-order valence-corrected chi connectivity index (χ3v) is 4.64. The Kier molecular flexibility index (Phi) is 8.37.